The van der Waals surface area contributed by atoms with Gasteiger partial charge in [0.25, 0.3) is 0 Å². The van der Waals surface area contributed by atoms with E-state index in [4.69, 9.17) is 4.74 Å². The summed E-state index contributed by atoms with van der Waals surface area (Å²) in [4.78, 5) is 30.4. The number of nitrogens with one attached hydrogen (secondary N) is 1. The monoisotopic (exact) mass is 345 g/mol. The molecule has 136 valence electrons. The number of ether oxygens (including phenoxy) is 1. The fourth-order valence-electron chi connectivity index (χ4n) is 3.59. The summed E-state index contributed by atoms with van der Waals surface area (Å²) in [5.74, 6) is 0.187. The van der Waals surface area contributed by atoms with Gasteiger partial charge in [0.05, 0.1) is 24.7 Å². The molecule has 1 aromatic rings. The average Bonchev–Trinajstić information content (AvgIpc) is 2.98. The molecule has 6 nitrogen and oxygen atoms in total. The number of hydrogen-bond donors (Lipinski definition) is 1. The van der Waals surface area contributed by atoms with E-state index in [0.717, 1.165) is 25.0 Å². The molecule has 6 heteroatoms. The van der Waals surface area contributed by atoms with Crippen molar-refractivity contribution >= 4 is 11.8 Å². The molecule has 3 heterocycles. The smallest absolute Gasteiger partial charge is 0.228 e. The first kappa shape index (κ1) is 17.9. The Hall–Kier alpha value is -1.95. The normalized spacial score (nSPS) is 22.4. The number of carbonyl (C=O) groups is 2. The lowest BCUT2D eigenvalue weighted by atomic mass is 9.87. The Morgan fingerprint density at radius 1 is 1.36 bits per heavy atom. The van der Waals surface area contributed by atoms with Crippen LogP contribution >= 0.6 is 0 Å². The van der Waals surface area contributed by atoms with Crippen LogP contribution in [0.1, 0.15) is 38.8 Å². The molecule has 3 rings (SSSR count). The second-order valence-electron chi connectivity index (χ2n) is 7.44. The SMILES string of the molecule is CC(C)C(=O)N[C@@H]1COC2(CCN(C(=O)Cc3ccccn3)CC2)C1. The number of likely N-dealkylation sites (tertiary alicyclic amines) is 1. The number of nitrogens with zero attached hydrogens (tertiary/aromatic N) is 2. The van der Waals surface area contributed by atoms with Gasteiger partial charge in [-0.1, -0.05) is 19.9 Å². The molecule has 1 atom stereocenters. The molecule has 0 radical (unpaired) electrons. The lowest BCUT2D eigenvalue weighted by Crippen LogP contribution is -2.47. The summed E-state index contributed by atoms with van der Waals surface area (Å²) >= 11 is 0. The molecule has 25 heavy (non-hydrogen) atoms. The summed E-state index contributed by atoms with van der Waals surface area (Å²) in [7, 11) is 0. The van der Waals surface area contributed by atoms with Crippen LogP contribution in [-0.4, -0.2) is 53.0 Å². The van der Waals surface area contributed by atoms with E-state index in [1.54, 1.807) is 6.20 Å². The predicted octanol–water partition coefficient (Wildman–Crippen LogP) is 1.55. The quantitative estimate of drug-likeness (QED) is 0.899. The zero-order valence-corrected chi connectivity index (χ0v) is 15.0. The Labute approximate surface area is 148 Å². The highest BCUT2D eigenvalue weighted by Crippen LogP contribution is 2.36. The molecule has 2 saturated heterocycles. The van der Waals surface area contributed by atoms with Gasteiger partial charge in [0.15, 0.2) is 0 Å². The third-order valence-corrected chi connectivity index (χ3v) is 5.17. The van der Waals surface area contributed by atoms with Gasteiger partial charge in [-0.3, -0.25) is 14.6 Å². The molecule has 1 N–H and O–H groups in total. The van der Waals surface area contributed by atoms with E-state index in [2.05, 4.69) is 10.3 Å². The van der Waals surface area contributed by atoms with Crippen LogP contribution in [0.25, 0.3) is 0 Å². The van der Waals surface area contributed by atoms with Gasteiger partial charge in [-0.25, -0.2) is 0 Å². The van der Waals surface area contributed by atoms with Gasteiger partial charge < -0.3 is 15.0 Å². The number of hydrogen-bond acceptors (Lipinski definition) is 4. The number of amides is 2. The minimum atomic E-state index is -0.184. The van der Waals surface area contributed by atoms with Crippen LogP contribution in [0, 0.1) is 5.92 Å². The van der Waals surface area contributed by atoms with Crippen molar-refractivity contribution in [3.63, 3.8) is 0 Å². The van der Waals surface area contributed by atoms with Crippen molar-refractivity contribution in [2.24, 2.45) is 5.92 Å². The van der Waals surface area contributed by atoms with Crippen LogP contribution < -0.4 is 5.32 Å². The lowest BCUT2D eigenvalue weighted by molar-refractivity contribution is -0.135. The van der Waals surface area contributed by atoms with Crippen molar-refractivity contribution in [3.8, 4) is 0 Å². The number of rotatable bonds is 4. The summed E-state index contributed by atoms with van der Waals surface area (Å²) in [6.45, 7) is 5.77. The van der Waals surface area contributed by atoms with E-state index >= 15 is 0 Å². The molecule has 0 aromatic carbocycles. The second-order valence-corrected chi connectivity index (χ2v) is 7.44. The van der Waals surface area contributed by atoms with Gasteiger partial charge in [0.2, 0.25) is 11.8 Å². The molecular weight excluding hydrogens is 318 g/mol. The molecule has 2 aliphatic heterocycles. The van der Waals surface area contributed by atoms with Gasteiger partial charge in [0, 0.05) is 30.9 Å². The van der Waals surface area contributed by atoms with Crippen molar-refractivity contribution in [1.82, 2.24) is 15.2 Å². The first-order valence-electron chi connectivity index (χ1n) is 9.09. The fraction of sp³-hybridized carbons (Fsp3) is 0.632. The largest absolute Gasteiger partial charge is 0.373 e. The number of pyridine rings is 1. The van der Waals surface area contributed by atoms with E-state index in [-0.39, 0.29) is 29.4 Å². The zero-order valence-electron chi connectivity index (χ0n) is 15.0. The van der Waals surface area contributed by atoms with Crippen molar-refractivity contribution in [1.29, 1.82) is 0 Å². The molecule has 0 saturated carbocycles. The van der Waals surface area contributed by atoms with Gasteiger partial charge in [-0.2, -0.15) is 0 Å². The first-order chi connectivity index (χ1) is 12.0. The van der Waals surface area contributed by atoms with Gasteiger partial charge in [-0.15, -0.1) is 0 Å². The summed E-state index contributed by atoms with van der Waals surface area (Å²) in [5.41, 5.74) is 0.623. The molecule has 0 unspecified atom stereocenters. The molecule has 1 spiro atoms. The van der Waals surface area contributed by atoms with Crippen molar-refractivity contribution in [3.05, 3.63) is 30.1 Å². The maximum atomic E-state index is 12.4. The standard InChI is InChI=1S/C19H27N3O3/c1-14(2)18(24)21-16-12-19(25-13-16)6-9-22(10-7-19)17(23)11-15-5-3-4-8-20-15/h3-5,8,14,16H,6-7,9-13H2,1-2H3,(H,21,24)/t16-/m0/s1. The van der Waals surface area contributed by atoms with Crippen molar-refractivity contribution < 1.29 is 14.3 Å². The molecule has 2 fully saturated rings. The van der Waals surface area contributed by atoms with Crippen LogP contribution in [-0.2, 0) is 20.7 Å². The third-order valence-electron chi connectivity index (χ3n) is 5.17. The Kier molecular flexibility index (Phi) is 5.37. The van der Waals surface area contributed by atoms with E-state index in [0.29, 0.717) is 26.1 Å². The Bertz CT molecular complexity index is 610. The lowest BCUT2D eigenvalue weighted by Gasteiger charge is -2.38. The minimum Gasteiger partial charge on any atom is -0.373 e. The number of aromatic nitrogens is 1. The van der Waals surface area contributed by atoms with Crippen molar-refractivity contribution in [2.45, 2.75) is 51.2 Å². The summed E-state index contributed by atoms with van der Waals surface area (Å²) in [6, 6.07) is 5.72. The molecule has 0 bridgehead atoms. The van der Waals surface area contributed by atoms with Gasteiger partial charge in [-0.05, 0) is 31.4 Å². The fourth-order valence-corrected chi connectivity index (χ4v) is 3.59. The highest BCUT2D eigenvalue weighted by atomic mass is 16.5. The van der Waals surface area contributed by atoms with Gasteiger partial charge in [0.1, 0.15) is 0 Å². The zero-order chi connectivity index (χ0) is 17.9. The van der Waals surface area contributed by atoms with Crippen LogP contribution in [0.15, 0.2) is 24.4 Å². The van der Waals surface area contributed by atoms with E-state index in [1.807, 2.05) is 36.9 Å². The maximum Gasteiger partial charge on any atom is 0.228 e. The summed E-state index contributed by atoms with van der Waals surface area (Å²) < 4.78 is 6.06. The van der Waals surface area contributed by atoms with Crippen molar-refractivity contribution in [2.75, 3.05) is 19.7 Å². The van der Waals surface area contributed by atoms with Crippen LogP contribution in [0.3, 0.4) is 0 Å². The molecule has 0 aliphatic carbocycles. The van der Waals surface area contributed by atoms with E-state index < -0.39 is 0 Å². The van der Waals surface area contributed by atoms with E-state index in [1.165, 1.54) is 0 Å². The average molecular weight is 345 g/mol. The summed E-state index contributed by atoms with van der Waals surface area (Å²) in [5, 5.41) is 3.06. The Balaban J connectivity index is 1.48. The maximum absolute atomic E-state index is 12.4. The van der Waals surface area contributed by atoms with E-state index in [9.17, 15) is 9.59 Å². The topological polar surface area (TPSA) is 71.5 Å². The Morgan fingerprint density at radius 3 is 2.76 bits per heavy atom. The molecule has 2 amide bonds. The van der Waals surface area contributed by atoms with Crippen LogP contribution in [0.2, 0.25) is 0 Å². The first-order valence-corrected chi connectivity index (χ1v) is 9.09. The second kappa shape index (κ2) is 7.52. The third kappa shape index (κ3) is 4.37. The predicted molar refractivity (Wildman–Crippen MR) is 93.8 cm³/mol. The van der Waals surface area contributed by atoms with Gasteiger partial charge >= 0.3 is 0 Å². The molecular formula is C19H27N3O3. The number of piperidine rings is 1. The van der Waals surface area contributed by atoms with Crippen LogP contribution in [0.4, 0.5) is 0 Å². The Morgan fingerprint density at radius 2 is 2.12 bits per heavy atom. The number of carbonyl (C=O) groups excluding carboxylic acids is 2. The molecule has 2 aliphatic rings. The van der Waals surface area contributed by atoms with Crippen LogP contribution in [0.5, 0.6) is 0 Å². The highest BCUT2D eigenvalue weighted by Gasteiger charge is 2.43. The molecule has 1 aromatic heterocycles. The highest BCUT2D eigenvalue weighted by molar-refractivity contribution is 5.78. The minimum absolute atomic E-state index is 0.0115. The summed E-state index contributed by atoms with van der Waals surface area (Å²) in [6.07, 6.45) is 4.56.